The highest BCUT2D eigenvalue weighted by Crippen LogP contribution is 2.20. The Morgan fingerprint density at radius 3 is 2.43 bits per heavy atom. The van der Waals surface area contributed by atoms with Crippen molar-refractivity contribution < 1.29 is 9.84 Å². The molecule has 0 saturated heterocycles. The molecule has 0 aromatic heterocycles. The van der Waals surface area contributed by atoms with Crippen LogP contribution in [0.3, 0.4) is 0 Å². The van der Waals surface area contributed by atoms with Gasteiger partial charge in [-0.15, -0.1) is 0 Å². The molecule has 0 spiro atoms. The highest BCUT2D eigenvalue weighted by molar-refractivity contribution is 5.33. The van der Waals surface area contributed by atoms with Crippen molar-refractivity contribution >= 4 is 0 Å². The van der Waals surface area contributed by atoms with Gasteiger partial charge in [-0.05, 0) is 47.6 Å². The molecule has 2 aromatic rings. The summed E-state index contributed by atoms with van der Waals surface area (Å²) in [7, 11) is 0. The Labute approximate surface area is 127 Å². The van der Waals surface area contributed by atoms with Gasteiger partial charge in [0.1, 0.15) is 5.75 Å². The van der Waals surface area contributed by atoms with Crippen LogP contribution >= 0.6 is 0 Å². The first-order chi connectivity index (χ1) is 10.2. The number of para-hydroxylation sites is 1. The molecule has 2 rings (SSSR count). The van der Waals surface area contributed by atoms with Gasteiger partial charge in [-0.1, -0.05) is 50.2 Å². The smallest absolute Gasteiger partial charge is 0.119 e. The zero-order valence-electron chi connectivity index (χ0n) is 12.9. The van der Waals surface area contributed by atoms with Gasteiger partial charge in [-0.3, -0.25) is 0 Å². The van der Waals surface area contributed by atoms with Crippen molar-refractivity contribution in [3.8, 4) is 5.75 Å². The van der Waals surface area contributed by atoms with Crippen LogP contribution in [0.15, 0.2) is 48.5 Å². The highest BCUT2D eigenvalue weighted by Gasteiger charge is 2.06. The fraction of sp³-hybridized carbons (Fsp3) is 0.368. The summed E-state index contributed by atoms with van der Waals surface area (Å²) < 4.78 is 5.70. The van der Waals surface area contributed by atoms with Gasteiger partial charge >= 0.3 is 0 Å². The molecule has 1 N–H and O–H groups in total. The lowest BCUT2D eigenvalue weighted by molar-refractivity contribution is 0.279. The van der Waals surface area contributed by atoms with E-state index >= 15 is 0 Å². The quantitative estimate of drug-likeness (QED) is 0.768. The second-order valence-electron chi connectivity index (χ2n) is 5.61. The molecule has 0 unspecified atom stereocenters. The minimum atomic E-state index is 0.107. The van der Waals surface area contributed by atoms with E-state index in [1.54, 1.807) is 0 Å². The van der Waals surface area contributed by atoms with Gasteiger partial charge in [0.05, 0.1) is 13.2 Å². The summed E-state index contributed by atoms with van der Waals surface area (Å²) in [6, 6.07) is 16.3. The fourth-order valence-corrected chi connectivity index (χ4v) is 2.37. The third kappa shape index (κ3) is 4.61. The second kappa shape index (κ2) is 7.84. The molecule has 0 radical (unpaired) electrons. The Bertz CT molecular complexity index is 547. The summed E-state index contributed by atoms with van der Waals surface area (Å²) in [5.74, 6) is 1.40. The van der Waals surface area contributed by atoms with E-state index in [9.17, 15) is 5.11 Å². The number of hydrogen-bond donors (Lipinski definition) is 1. The van der Waals surface area contributed by atoms with E-state index in [0.717, 1.165) is 24.2 Å². The number of benzene rings is 2. The lowest BCUT2D eigenvalue weighted by Crippen LogP contribution is -2.02. The van der Waals surface area contributed by atoms with E-state index in [0.29, 0.717) is 12.5 Å². The van der Waals surface area contributed by atoms with Crippen molar-refractivity contribution in [2.45, 2.75) is 39.2 Å². The first-order valence-electron chi connectivity index (χ1n) is 7.61. The van der Waals surface area contributed by atoms with Crippen LogP contribution in [0.5, 0.6) is 5.75 Å². The first-order valence-corrected chi connectivity index (χ1v) is 7.61. The van der Waals surface area contributed by atoms with Crippen LogP contribution in [0.2, 0.25) is 0 Å². The van der Waals surface area contributed by atoms with Gasteiger partial charge in [-0.2, -0.15) is 0 Å². The first kappa shape index (κ1) is 15.6. The van der Waals surface area contributed by atoms with Crippen molar-refractivity contribution in [2.75, 3.05) is 6.61 Å². The summed E-state index contributed by atoms with van der Waals surface area (Å²) in [5.41, 5.74) is 3.54. The Hall–Kier alpha value is -1.80. The number of aryl methyl sites for hydroxylation is 1. The van der Waals surface area contributed by atoms with Crippen molar-refractivity contribution in [3.05, 3.63) is 65.2 Å². The number of ether oxygens (including phenoxy) is 1. The van der Waals surface area contributed by atoms with Crippen LogP contribution in [-0.4, -0.2) is 11.7 Å². The van der Waals surface area contributed by atoms with Gasteiger partial charge in [0.15, 0.2) is 0 Å². The zero-order valence-corrected chi connectivity index (χ0v) is 12.9. The maximum Gasteiger partial charge on any atom is 0.119 e. The number of aliphatic hydroxyl groups is 1. The lowest BCUT2D eigenvalue weighted by atomic mass is 9.95. The Balaban J connectivity index is 1.88. The summed E-state index contributed by atoms with van der Waals surface area (Å²) >= 11 is 0. The fourth-order valence-electron chi connectivity index (χ4n) is 2.37. The lowest BCUT2D eigenvalue weighted by Gasteiger charge is -2.12. The van der Waals surface area contributed by atoms with E-state index in [-0.39, 0.29) is 6.61 Å². The van der Waals surface area contributed by atoms with Crippen molar-refractivity contribution in [2.24, 2.45) is 0 Å². The van der Waals surface area contributed by atoms with E-state index < -0.39 is 0 Å². The third-order valence-electron chi connectivity index (χ3n) is 3.67. The molecule has 21 heavy (non-hydrogen) atoms. The van der Waals surface area contributed by atoms with E-state index in [4.69, 9.17) is 4.74 Å². The van der Waals surface area contributed by atoms with Crippen LogP contribution < -0.4 is 4.74 Å². The second-order valence-corrected chi connectivity index (χ2v) is 5.61. The SMILES string of the molecule is CC(C)c1ccc(CCCOc2ccccc2)c(CO)c1. The molecule has 2 nitrogen and oxygen atoms in total. The van der Waals surface area contributed by atoms with Crippen molar-refractivity contribution in [3.63, 3.8) is 0 Å². The van der Waals surface area contributed by atoms with Crippen LogP contribution in [0, 0.1) is 0 Å². The Morgan fingerprint density at radius 2 is 1.76 bits per heavy atom. The van der Waals surface area contributed by atoms with Gasteiger partial charge in [-0.25, -0.2) is 0 Å². The van der Waals surface area contributed by atoms with E-state index in [2.05, 4.69) is 32.0 Å². The molecule has 0 atom stereocenters. The summed E-state index contributed by atoms with van der Waals surface area (Å²) in [6.07, 6.45) is 1.88. The molecule has 2 heteroatoms. The summed E-state index contributed by atoms with van der Waals surface area (Å²) in [4.78, 5) is 0. The number of aliphatic hydroxyl groups excluding tert-OH is 1. The van der Waals surface area contributed by atoms with Crippen LogP contribution in [-0.2, 0) is 13.0 Å². The summed E-state index contributed by atoms with van der Waals surface area (Å²) in [6.45, 7) is 5.14. The van der Waals surface area contributed by atoms with E-state index in [1.807, 2.05) is 30.3 Å². The molecule has 0 fully saturated rings. The summed E-state index contributed by atoms with van der Waals surface area (Å²) in [5, 5.41) is 9.53. The van der Waals surface area contributed by atoms with Crippen LogP contribution in [0.1, 0.15) is 42.9 Å². The normalized spacial score (nSPS) is 10.9. The molecule has 0 aliphatic carbocycles. The minimum absolute atomic E-state index is 0.107. The Kier molecular flexibility index (Phi) is 5.82. The molecular weight excluding hydrogens is 260 g/mol. The van der Waals surface area contributed by atoms with Gasteiger partial charge < -0.3 is 9.84 Å². The molecular formula is C19H24O2. The molecule has 0 amide bonds. The minimum Gasteiger partial charge on any atom is -0.494 e. The largest absolute Gasteiger partial charge is 0.494 e. The topological polar surface area (TPSA) is 29.5 Å². The predicted molar refractivity (Wildman–Crippen MR) is 86.7 cm³/mol. The molecule has 0 bridgehead atoms. The molecule has 0 aliphatic rings. The third-order valence-corrected chi connectivity index (χ3v) is 3.67. The molecule has 0 aliphatic heterocycles. The van der Waals surface area contributed by atoms with Gasteiger partial charge in [0, 0.05) is 0 Å². The maximum absolute atomic E-state index is 9.53. The van der Waals surface area contributed by atoms with Crippen LogP contribution in [0.25, 0.3) is 0 Å². The Morgan fingerprint density at radius 1 is 1.00 bits per heavy atom. The molecule has 0 heterocycles. The average molecular weight is 284 g/mol. The van der Waals surface area contributed by atoms with E-state index in [1.165, 1.54) is 11.1 Å². The standard InChI is InChI=1S/C19H24O2/c1-15(2)17-11-10-16(18(13-17)14-20)7-6-12-21-19-8-4-3-5-9-19/h3-5,8-11,13,15,20H,6-7,12,14H2,1-2H3. The van der Waals surface area contributed by atoms with Crippen LogP contribution in [0.4, 0.5) is 0 Å². The highest BCUT2D eigenvalue weighted by atomic mass is 16.5. The zero-order chi connectivity index (χ0) is 15.1. The predicted octanol–water partition coefficient (Wildman–Crippen LogP) is 4.31. The van der Waals surface area contributed by atoms with Crippen molar-refractivity contribution in [1.29, 1.82) is 0 Å². The molecule has 2 aromatic carbocycles. The van der Waals surface area contributed by atoms with Gasteiger partial charge in [0.25, 0.3) is 0 Å². The molecule has 0 saturated carbocycles. The maximum atomic E-state index is 9.53. The van der Waals surface area contributed by atoms with Gasteiger partial charge in [0.2, 0.25) is 0 Å². The number of hydrogen-bond acceptors (Lipinski definition) is 2. The number of rotatable bonds is 7. The monoisotopic (exact) mass is 284 g/mol. The molecule has 112 valence electrons. The van der Waals surface area contributed by atoms with Crippen molar-refractivity contribution in [1.82, 2.24) is 0 Å². The average Bonchev–Trinajstić information content (AvgIpc) is 2.52.